The Bertz CT molecular complexity index is 610. The number of nitrogens with one attached hydrogen (secondary N) is 1. The van der Waals surface area contributed by atoms with E-state index in [1.807, 2.05) is 25.2 Å². The van der Waals surface area contributed by atoms with E-state index in [0.717, 1.165) is 24.2 Å². The highest BCUT2D eigenvalue weighted by Gasteiger charge is 2.29. The summed E-state index contributed by atoms with van der Waals surface area (Å²) < 4.78 is 7.58. The molecule has 1 N–H and O–H groups in total. The van der Waals surface area contributed by atoms with Gasteiger partial charge in [-0.05, 0) is 54.5 Å². The molecule has 2 rings (SSSR count). The van der Waals surface area contributed by atoms with Crippen molar-refractivity contribution in [1.82, 2.24) is 9.55 Å². The summed E-state index contributed by atoms with van der Waals surface area (Å²) in [6, 6.07) is 0. The lowest BCUT2D eigenvalue weighted by Gasteiger charge is -2.24. The zero-order valence-corrected chi connectivity index (χ0v) is 14.5. The zero-order chi connectivity index (χ0) is 15.2. The Morgan fingerprint density at radius 2 is 2.33 bits per heavy atom. The van der Waals surface area contributed by atoms with E-state index < -0.39 is 0 Å². The van der Waals surface area contributed by atoms with Crippen LogP contribution in [0.15, 0.2) is 35.4 Å². The number of aromatic nitrogens is 2. The van der Waals surface area contributed by atoms with E-state index in [1.165, 1.54) is 0 Å². The van der Waals surface area contributed by atoms with Gasteiger partial charge < -0.3 is 9.72 Å². The van der Waals surface area contributed by atoms with Gasteiger partial charge in [0.05, 0.1) is 23.6 Å². The van der Waals surface area contributed by atoms with Gasteiger partial charge in [0.1, 0.15) is 0 Å². The second-order valence-electron chi connectivity index (χ2n) is 4.87. The highest BCUT2D eigenvalue weighted by Crippen LogP contribution is 2.35. The molecule has 0 aromatic carbocycles. The molecule has 114 valence electrons. The number of aromatic amines is 1. The lowest BCUT2D eigenvalue weighted by atomic mass is 9.95. The third-order valence-corrected chi connectivity index (χ3v) is 4.64. The van der Waals surface area contributed by atoms with Crippen molar-refractivity contribution in [2.75, 3.05) is 0 Å². The number of hydrogen-bond donors (Lipinski definition) is 1. The summed E-state index contributed by atoms with van der Waals surface area (Å²) in [6.07, 6.45) is 13.7. The van der Waals surface area contributed by atoms with Gasteiger partial charge in [-0.25, -0.2) is 4.79 Å². The predicted octanol–water partition coefficient (Wildman–Crippen LogP) is 3.95. The molecular weight excluding hydrogens is 379 g/mol. The second kappa shape index (κ2) is 7.68. The fourth-order valence-corrected chi connectivity index (χ4v) is 3.30. The van der Waals surface area contributed by atoms with Crippen LogP contribution in [0.1, 0.15) is 44.0 Å². The van der Waals surface area contributed by atoms with Crippen molar-refractivity contribution in [2.24, 2.45) is 0 Å². The molecule has 21 heavy (non-hydrogen) atoms. The van der Waals surface area contributed by atoms with E-state index in [1.54, 1.807) is 10.8 Å². The molecule has 0 spiro atoms. The second-order valence-corrected chi connectivity index (χ2v) is 6.10. The molecule has 0 aliphatic heterocycles. The molecule has 0 fully saturated rings. The van der Waals surface area contributed by atoms with Crippen molar-refractivity contribution in [3.05, 3.63) is 52.4 Å². The van der Waals surface area contributed by atoms with Crippen LogP contribution in [0, 0.1) is 0 Å². The number of hydrogen-bond acceptors (Lipinski definition) is 2. The molecule has 1 aromatic rings. The average Bonchev–Trinajstić information content (AvgIpc) is 2.81. The van der Waals surface area contributed by atoms with Crippen LogP contribution in [0.2, 0.25) is 0 Å². The molecule has 1 aliphatic rings. The summed E-state index contributed by atoms with van der Waals surface area (Å²) in [7, 11) is 0. The van der Waals surface area contributed by atoms with Crippen LogP contribution in [0.4, 0.5) is 0 Å². The van der Waals surface area contributed by atoms with E-state index in [9.17, 15) is 4.79 Å². The molecule has 0 radical (unpaired) electrons. The Labute approximate surface area is 138 Å². The lowest BCUT2D eigenvalue weighted by Crippen LogP contribution is -2.23. The molecule has 0 amide bonds. The summed E-state index contributed by atoms with van der Waals surface area (Å²) >= 11 is 2.30. The van der Waals surface area contributed by atoms with Gasteiger partial charge in [-0.2, -0.15) is 0 Å². The van der Waals surface area contributed by atoms with Crippen LogP contribution < -0.4 is 5.69 Å². The summed E-state index contributed by atoms with van der Waals surface area (Å²) in [5.74, 6) is 0.185. The Hall–Kier alpha value is -1.24. The number of alkyl halides is 1. The number of rotatable bonds is 6. The van der Waals surface area contributed by atoms with Crippen LogP contribution in [0.5, 0.6) is 0 Å². The minimum Gasteiger partial charge on any atom is -0.487 e. The Morgan fingerprint density at radius 1 is 1.52 bits per heavy atom. The van der Waals surface area contributed by atoms with Gasteiger partial charge in [-0.15, -0.1) is 0 Å². The van der Waals surface area contributed by atoms with Crippen LogP contribution in [0.25, 0.3) is 6.08 Å². The van der Waals surface area contributed by atoms with E-state index in [0.29, 0.717) is 6.54 Å². The Morgan fingerprint density at radius 3 is 3.05 bits per heavy atom. The number of allylic oxidation sites excluding steroid dienone is 4. The molecule has 0 saturated carbocycles. The SMILES string of the molecule is CC/C=C\C=C\OC(I)[C@@H]1CC=Cc2[nH]c(=O)n(CC)c21. The highest BCUT2D eigenvalue weighted by molar-refractivity contribution is 14.1. The summed E-state index contributed by atoms with van der Waals surface area (Å²) in [5, 5.41) is 0. The van der Waals surface area contributed by atoms with E-state index in [4.69, 9.17) is 4.74 Å². The van der Waals surface area contributed by atoms with Crippen LogP contribution in [0.3, 0.4) is 0 Å². The largest absolute Gasteiger partial charge is 0.487 e. The normalized spacial score (nSPS) is 19.3. The summed E-state index contributed by atoms with van der Waals surface area (Å²) in [6.45, 7) is 4.76. The minimum atomic E-state index is -0.0379. The lowest BCUT2D eigenvalue weighted by molar-refractivity contribution is 0.204. The molecule has 0 bridgehead atoms. The smallest absolute Gasteiger partial charge is 0.326 e. The predicted molar refractivity (Wildman–Crippen MR) is 94.6 cm³/mol. The summed E-state index contributed by atoms with van der Waals surface area (Å²) in [5.41, 5.74) is 1.93. The van der Waals surface area contributed by atoms with Crippen molar-refractivity contribution in [3.8, 4) is 0 Å². The quantitative estimate of drug-likeness (QED) is 0.340. The third-order valence-electron chi connectivity index (χ3n) is 3.48. The van der Waals surface area contributed by atoms with Gasteiger partial charge in [0, 0.05) is 6.54 Å². The van der Waals surface area contributed by atoms with E-state index in [2.05, 4.69) is 46.7 Å². The van der Waals surface area contributed by atoms with Crippen LogP contribution in [-0.4, -0.2) is 13.7 Å². The first-order valence-corrected chi connectivity index (χ1v) is 8.54. The number of nitrogens with zero attached hydrogens (tertiary/aromatic N) is 1. The number of halogens is 1. The van der Waals surface area contributed by atoms with Gasteiger partial charge in [-0.1, -0.05) is 25.2 Å². The van der Waals surface area contributed by atoms with Crippen molar-refractivity contribution in [3.63, 3.8) is 0 Å². The Kier molecular flexibility index (Phi) is 5.90. The van der Waals surface area contributed by atoms with Crippen LogP contribution >= 0.6 is 22.6 Å². The zero-order valence-electron chi connectivity index (χ0n) is 12.4. The average molecular weight is 400 g/mol. The molecule has 1 heterocycles. The molecule has 1 aromatic heterocycles. The van der Waals surface area contributed by atoms with E-state index >= 15 is 0 Å². The minimum absolute atomic E-state index is 0.00873. The molecule has 4 nitrogen and oxygen atoms in total. The van der Waals surface area contributed by atoms with Gasteiger partial charge in [-0.3, -0.25) is 4.57 Å². The van der Waals surface area contributed by atoms with Crippen molar-refractivity contribution >= 4 is 28.7 Å². The number of imidazole rings is 1. The molecule has 1 aliphatic carbocycles. The number of fused-ring (bicyclic) bond motifs is 1. The standard InChI is InChI=1S/C16H21IN2O2/c1-3-5-6-7-11-21-15(17)12-9-8-10-13-14(12)19(4-2)16(20)18-13/h5-8,10-12,15H,3-4,9H2,1-2H3,(H,18,20)/b6-5-,11-7+/t12-,15?/m1/s1. The monoisotopic (exact) mass is 400 g/mol. The number of H-pyrrole nitrogens is 1. The Balaban J connectivity index is 2.15. The fourth-order valence-electron chi connectivity index (χ4n) is 2.49. The molecular formula is C16H21IN2O2. The highest BCUT2D eigenvalue weighted by atomic mass is 127. The van der Waals surface area contributed by atoms with Gasteiger partial charge in [0.15, 0.2) is 4.11 Å². The number of ether oxygens (including phenoxy) is 1. The van der Waals surface area contributed by atoms with Crippen molar-refractivity contribution < 1.29 is 4.74 Å². The molecule has 5 heteroatoms. The molecule has 0 saturated heterocycles. The maximum absolute atomic E-state index is 11.9. The topological polar surface area (TPSA) is 47.0 Å². The van der Waals surface area contributed by atoms with Gasteiger partial charge in [0.25, 0.3) is 0 Å². The maximum atomic E-state index is 11.9. The first kappa shape index (κ1) is 16.1. The van der Waals surface area contributed by atoms with Gasteiger partial charge in [0.2, 0.25) is 0 Å². The summed E-state index contributed by atoms with van der Waals surface area (Å²) in [4.78, 5) is 14.9. The first-order chi connectivity index (χ1) is 10.2. The first-order valence-electron chi connectivity index (χ1n) is 7.29. The van der Waals surface area contributed by atoms with Crippen LogP contribution in [-0.2, 0) is 11.3 Å². The third kappa shape index (κ3) is 3.70. The van der Waals surface area contributed by atoms with Crippen molar-refractivity contribution in [2.45, 2.75) is 43.3 Å². The molecule has 2 atom stereocenters. The van der Waals surface area contributed by atoms with E-state index in [-0.39, 0.29) is 15.7 Å². The van der Waals surface area contributed by atoms with Gasteiger partial charge >= 0.3 is 5.69 Å². The molecule has 1 unspecified atom stereocenters. The maximum Gasteiger partial charge on any atom is 0.326 e. The van der Waals surface area contributed by atoms with Crippen molar-refractivity contribution in [1.29, 1.82) is 0 Å². The fraction of sp³-hybridized carbons (Fsp3) is 0.438.